The zero-order valence-electron chi connectivity index (χ0n) is 11.6. The van der Waals surface area contributed by atoms with Crippen molar-refractivity contribution in [1.29, 1.82) is 0 Å². The van der Waals surface area contributed by atoms with Gasteiger partial charge in [0, 0.05) is 18.1 Å². The number of nitrogens with two attached hydrogens (primary N) is 1. The molecule has 4 nitrogen and oxygen atoms in total. The Bertz CT molecular complexity index is 283. The molecule has 2 fully saturated rings. The predicted octanol–water partition coefficient (Wildman–Crippen LogP) is 1.25. The van der Waals surface area contributed by atoms with Gasteiger partial charge in [-0.2, -0.15) is 0 Å². The van der Waals surface area contributed by atoms with Gasteiger partial charge in [0.25, 0.3) is 0 Å². The molecule has 0 aromatic rings. The lowest BCUT2D eigenvalue weighted by atomic mass is 9.80. The summed E-state index contributed by atoms with van der Waals surface area (Å²) in [7, 11) is 0. The van der Waals surface area contributed by atoms with E-state index in [0.717, 1.165) is 32.2 Å². The first-order chi connectivity index (χ1) is 8.70. The lowest BCUT2D eigenvalue weighted by Gasteiger charge is -2.45. The minimum atomic E-state index is 0.0773. The molecule has 4 heteroatoms. The monoisotopic (exact) mass is 253 g/mol. The maximum absolute atomic E-state index is 12.0. The van der Waals surface area contributed by atoms with E-state index < -0.39 is 0 Å². The normalized spacial score (nSPS) is 23.1. The molecule has 0 aliphatic heterocycles. The van der Waals surface area contributed by atoms with Crippen molar-refractivity contribution in [2.45, 2.75) is 63.5 Å². The van der Waals surface area contributed by atoms with Gasteiger partial charge in [-0.1, -0.05) is 26.2 Å². The number of nitrogens with one attached hydrogen (secondary N) is 1. The number of nitrogens with zero attached hydrogens (tertiary/aromatic N) is 1. The third kappa shape index (κ3) is 3.23. The second kappa shape index (κ2) is 6.02. The predicted molar refractivity (Wildman–Crippen MR) is 73.3 cm³/mol. The van der Waals surface area contributed by atoms with E-state index in [1.807, 2.05) is 0 Å². The maximum atomic E-state index is 12.0. The van der Waals surface area contributed by atoms with Crippen LogP contribution in [0.4, 0.5) is 0 Å². The summed E-state index contributed by atoms with van der Waals surface area (Å²) in [4.78, 5) is 14.3. The van der Waals surface area contributed by atoms with E-state index in [4.69, 9.17) is 5.73 Å². The molecule has 104 valence electrons. The van der Waals surface area contributed by atoms with E-state index in [1.54, 1.807) is 0 Å². The quantitative estimate of drug-likeness (QED) is 0.749. The molecule has 2 aliphatic carbocycles. The highest BCUT2D eigenvalue weighted by atomic mass is 16.2. The van der Waals surface area contributed by atoms with Crippen LogP contribution in [0.1, 0.15) is 51.9 Å². The maximum Gasteiger partial charge on any atom is 0.234 e. The standard InChI is InChI=1S/C14H27N3O/c1-2-17(10-13(18)16-12-6-7-12)14(11-15)8-4-3-5-9-14/h12H,2-11,15H2,1H3,(H,16,18). The highest BCUT2D eigenvalue weighted by Gasteiger charge is 2.37. The number of carbonyl (C=O) groups is 1. The average Bonchev–Trinajstić information content (AvgIpc) is 3.20. The van der Waals surface area contributed by atoms with Crippen LogP contribution in [-0.4, -0.2) is 42.0 Å². The molecule has 0 aromatic heterocycles. The summed E-state index contributed by atoms with van der Waals surface area (Å²) >= 11 is 0. The molecule has 0 saturated heterocycles. The van der Waals surface area contributed by atoms with Gasteiger partial charge < -0.3 is 11.1 Å². The van der Waals surface area contributed by atoms with Crippen molar-refractivity contribution in [2.24, 2.45) is 5.73 Å². The van der Waals surface area contributed by atoms with E-state index >= 15 is 0 Å². The van der Waals surface area contributed by atoms with Crippen LogP contribution < -0.4 is 11.1 Å². The smallest absolute Gasteiger partial charge is 0.234 e. The summed E-state index contributed by atoms with van der Waals surface area (Å²) in [5, 5.41) is 3.08. The van der Waals surface area contributed by atoms with Gasteiger partial charge in [0.1, 0.15) is 0 Å². The molecule has 3 N–H and O–H groups in total. The van der Waals surface area contributed by atoms with E-state index in [9.17, 15) is 4.79 Å². The molecule has 0 atom stereocenters. The van der Waals surface area contributed by atoms with Gasteiger partial charge in [-0.15, -0.1) is 0 Å². The second-order valence-electron chi connectivity index (χ2n) is 5.85. The second-order valence-corrected chi connectivity index (χ2v) is 5.85. The summed E-state index contributed by atoms with van der Waals surface area (Å²) in [5.74, 6) is 0.178. The SMILES string of the molecule is CCN(CC(=O)NC1CC1)C1(CN)CCCCC1. The van der Waals surface area contributed by atoms with E-state index in [0.29, 0.717) is 19.1 Å². The fraction of sp³-hybridized carbons (Fsp3) is 0.929. The number of carbonyl (C=O) groups excluding carboxylic acids is 1. The molecule has 2 saturated carbocycles. The third-order valence-electron chi connectivity index (χ3n) is 4.49. The Morgan fingerprint density at radius 3 is 2.50 bits per heavy atom. The molecule has 1 amide bonds. The molecule has 0 spiro atoms. The van der Waals surface area contributed by atoms with Crippen molar-refractivity contribution in [2.75, 3.05) is 19.6 Å². The van der Waals surface area contributed by atoms with Gasteiger partial charge in [-0.3, -0.25) is 9.69 Å². The van der Waals surface area contributed by atoms with Crippen LogP contribution in [-0.2, 0) is 4.79 Å². The highest BCUT2D eigenvalue weighted by Crippen LogP contribution is 2.32. The van der Waals surface area contributed by atoms with Crippen LogP contribution in [0.5, 0.6) is 0 Å². The molecule has 18 heavy (non-hydrogen) atoms. The number of likely N-dealkylation sites (N-methyl/N-ethyl adjacent to an activating group) is 1. The Morgan fingerprint density at radius 2 is 2.00 bits per heavy atom. The zero-order chi connectivity index (χ0) is 13.0. The number of hydrogen-bond donors (Lipinski definition) is 2. The van der Waals surface area contributed by atoms with E-state index in [2.05, 4.69) is 17.1 Å². The van der Waals surface area contributed by atoms with Crippen molar-refractivity contribution in [1.82, 2.24) is 10.2 Å². The Morgan fingerprint density at radius 1 is 1.33 bits per heavy atom. The van der Waals surface area contributed by atoms with Crippen LogP contribution in [0.2, 0.25) is 0 Å². The first kappa shape index (κ1) is 13.8. The van der Waals surface area contributed by atoms with Gasteiger partial charge in [0.2, 0.25) is 5.91 Å². The molecule has 2 rings (SSSR count). The highest BCUT2D eigenvalue weighted by molar-refractivity contribution is 5.78. The number of amides is 1. The van der Waals surface area contributed by atoms with Crippen LogP contribution in [0.15, 0.2) is 0 Å². The lowest BCUT2D eigenvalue weighted by molar-refractivity contribution is -0.124. The van der Waals surface area contributed by atoms with Crippen LogP contribution in [0, 0.1) is 0 Å². The molecule has 0 radical (unpaired) electrons. The summed E-state index contributed by atoms with van der Waals surface area (Å²) in [6, 6.07) is 0.455. The molecule has 0 aromatic carbocycles. The molecule has 0 unspecified atom stereocenters. The fourth-order valence-electron chi connectivity index (χ4n) is 3.15. The third-order valence-corrected chi connectivity index (χ3v) is 4.49. The lowest BCUT2D eigenvalue weighted by Crippen LogP contribution is -2.57. The average molecular weight is 253 g/mol. The minimum Gasteiger partial charge on any atom is -0.352 e. The Balaban J connectivity index is 1.93. The van der Waals surface area contributed by atoms with Crippen LogP contribution in [0.25, 0.3) is 0 Å². The number of rotatable bonds is 6. The summed E-state index contributed by atoms with van der Waals surface area (Å²) in [6.45, 7) is 4.24. The van der Waals surface area contributed by atoms with Gasteiger partial charge in [-0.05, 0) is 32.2 Å². The first-order valence-corrected chi connectivity index (χ1v) is 7.44. The largest absolute Gasteiger partial charge is 0.352 e. The minimum absolute atomic E-state index is 0.0773. The van der Waals surface area contributed by atoms with Crippen LogP contribution in [0.3, 0.4) is 0 Å². The molecule has 0 heterocycles. The Kier molecular flexibility index (Phi) is 4.62. The topological polar surface area (TPSA) is 58.4 Å². The first-order valence-electron chi connectivity index (χ1n) is 7.44. The van der Waals surface area contributed by atoms with Crippen molar-refractivity contribution in [3.8, 4) is 0 Å². The molecular weight excluding hydrogens is 226 g/mol. The van der Waals surface area contributed by atoms with Crippen molar-refractivity contribution >= 4 is 5.91 Å². The molecule has 0 bridgehead atoms. The summed E-state index contributed by atoms with van der Waals surface area (Å²) in [5.41, 5.74) is 6.11. The van der Waals surface area contributed by atoms with Crippen LogP contribution >= 0.6 is 0 Å². The van der Waals surface area contributed by atoms with Gasteiger partial charge in [0.05, 0.1) is 6.54 Å². The van der Waals surface area contributed by atoms with E-state index in [1.165, 1.54) is 19.3 Å². The number of hydrogen-bond acceptors (Lipinski definition) is 3. The zero-order valence-corrected chi connectivity index (χ0v) is 11.6. The summed E-state index contributed by atoms with van der Waals surface area (Å²) < 4.78 is 0. The Labute approximate surface area is 110 Å². The summed E-state index contributed by atoms with van der Waals surface area (Å²) in [6.07, 6.45) is 8.41. The van der Waals surface area contributed by atoms with Crippen molar-refractivity contribution < 1.29 is 4.79 Å². The van der Waals surface area contributed by atoms with Crippen molar-refractivity contribution in [3.05, 3.63) is 0 Å². The molecular formula is C14H27N3O. The Hall–Kier alpha value is -0.610. The van der Waals surface area contributed by atoms with Gasteiger partial charge in [0.15, 0.2) is 0 Å². The van der Waals surface area contributed by atoms with Gasteiger partial charge >= 0.3 is 0 Å². The van der Waals surface area contributed by atoms with Gasteiger partial charge in [-0.25, -0.2) is 0 Å². The van der Waals surface area contributed by atoms with E-state index in [-0.39, 0.29) is 11.4 Å². The fourth-order valence-corrected chi connectivity index (χ4v) is 3.15. The molecule has 2 aliphatic rings. The van der Waals surface area contributed by atoms with Crippen molar-refractivity contribution in [3.63, 3.8) is 0 Å².